The van der Waals surface area contributed by atoms with Gasteiger partial charge in [0.1, 0.15) is 6.61 Å². The molecule has 0 heterocycles. The molecule has 0 aromatic carbocycles. The fourth-order valence-corrected chi connectivity index (χ4v) is 0.418. The molecule has 0 saturated carbocycles. The van der Waals surface area contributed by atoms with Crippen LogP contribution in [0.4, 0.5) is 13.2 Å². The van der Waals surface area contributed by atoms with Crippen molar-refractivity contribution in [2.45, 2.75) is 6.18 Å². The number of rotatable bonds is 3. The Balaban J connectivity index is 3.81. The van der Waals surface area contributed by atoms with Crippen molar-refractivity contribution < 1.29 is 32.2 Å². The van der Waals surface area contributed by atoms with Gasteiger partial charge in [-0.05, 0) is 6.08 Å². The number of alkyl halides is 3. The Kier molecular flexibility index (Phi) is 4.68. The van der Waals surface area contributed by atoms with Gasteiger partial charge in [-0.15, -0.1) is 0 Å². The number of ether oxygens (including phenoxy) is 2. The highest BCUT2D eigenvalue weighted by atomic mass is 19.4. The van der Waals surface area contributed by atoms with E-state index in [0.29, 0.717) is 0 Å². The van der Waals surface area contributed by atoms with Gasteiger partial charge in [-0.1, -0.05) is 0 Å². The normalized spacial score (nSPS) is 11.4. The van der Waals surface area contributed by atoms with E-state index in [1.807, 2.05) is 0 Å². The van der Waals surface area contributed by atoms with Gasteiger partial charge in [-0.2, -0.15) is 13.2 Å². The van der Waals surface area contributed by atoms with Gasteiger partial charge < -0.3 is 9.47 Å². The fraction of sp³-hybridized carbons (Fsp3) is 0.429. The number of esters is 2. The highest BCUT2D eigenvalue weighted by molar-refractivity contribution is 5.81. The minimum atomic E-state index is -5.01. The number of carbonyl (C=O) groups is 2. The van der Waals surface area contributed by atoms with E-state index in [9.17, 15) is 22.8 Å². The van der Waals surface area contributed by atoms with Crippen LogP contribution in [0.15, 0.2) is 12.2 Å². The lowest BCUT2D eigenvalue weighted by Crippen LogP contribution is -2.25. The third kappa shape index (κ3) is 5.18. The first-order valence-electron chi connectivity index (χ1n) is 3.36. The molecule has 0 aliphatic rings. The van der Waals surface area contributed by atoms with Crippen LogP contribution in [0, 0.1) is 0 Å². The Hall–Kier alpha value is -1.53. The second-order valence-electron chi connectivity index (χ2n) is 2.02. The van der Waals surface area contributed by atoms with Crippen molar-refractivity contribution in [2.24, 2.45) is 0 Å². The first-order valence-corrected chi connectivity index (χ1v) is 3.36. The molecule has 0 saturated heterocycles. The highest BCUT2D eigenvalue weighted by Crippen LogP contribution is 2.16. The van der Waals surface area contributed by atoms with Gasteiger partial charge in [0.2, 0.25) is 0 Å². The molecule has 0 bridgehead atoms. The van der Waals surface area contributed by atoms with Crippen molar-refractivity contribution >= 4 is 11.9 Å². The molecule has 7 heteroatoms. The van der Waals surface area contributed by atoms with Crippen LogP contribution in [0.2, 0.25) is 0 Å². The van der Waals surface area contributed by atoms with E-state index in [1.54, 1.807) is 0 Å². The molecule has 0 N–H and O–H groups in total. The van der Waals surface area contributed by atoms with Gasteiger partial charge in [0.05, 0.1) is 7.11 Å². The van der Waals surface area contributed by atoms with Crippen LogP contribution in [0.1, 0.15) is 0 Å². The lowest BCUT2D eigenvalue weighted by atomic mass is 10.5. The van der Waals surface area contributed by atoms with E-state index in [2.05, 4.69) is 9.47 Å². The van der Waals surface area contributed by atoms with E-state index in [0.717, 1.165) is 19.3 Å². The third-order valence-corrected chi connectivity index (χ3v) is 0.997. The summed E-state index contributed by atoms with van der Waals surface area (Å²) in [6.07, 6.45) is -3.22. The zero-order valence-corrected chi connectivity index (χ0v) is 7.13. The zero-order valence-electron chi connectivity index (χ0n) is 7.13. The van der Waals surface area contributed by atoms with Crippen molar-refractivity contribution in [3.63, 3.8) is 0 Å². The quantitative estimate of drug-likeness (QED) is 0.513. The average Bonchev–Trinajstić information content (AvgIpc) is 2.09. The van der Waals surface area contributed by atoms with Gasteiger partial charge in [-0.3, -0.25) is 0 Å². The molecular formula is C7H7F3O4. The van der Waals surface area contributed by atoms with Crippen LogP contribution in [0.3, 0.4) is 0 Å². The van der Waals surface area contributed by atoms with Crippen LogP contribution < -0.4 is 0 Å². The van der Waals surface area contributed by atoms with Crippen LogP contribution in [0.5, 0.6) is 0 Å². The highest BCUT2D eigenvalue weighted by Gasteiger charge is 2.40. The second kappa shape index (κ2) is 5.25. The summed E-state index contributed by atoms with van der Waals surface area (Å²) in [6, 6.07) is 0. The molecule has 0 aromatic rings. The minimum absolute atomic E-state index is 0.632. The number of methoxy groups -OCH3 is 1. The predicted octanol–water partition coefficient (Wildman–Crippen LogP) is 0.821. The van der Waals surface area contributed by atoms with Crippen molar-refractivity contribution in [1.29, 1.82) is 0 Å². The summed E-state index contributed by atoms with van der Waals surface area (Å²) in [7, 11) is 1.11. The first kappa shape index (κ1) is 12.5. The van der Waals surface area contributed by atoms with Crippen molar-refractivity contribution in [2.75, 3.05) is 13.7 Å². The van der Waals surface area contributed by atoms with Crippen molar-refractivity contribution in [3.8, 4) is 0 Å². The lowest BCUT2D eigenvalue weighted by Gasteiger charge is -2.03. The van der Waals surface area contributed by atoms with Crippen molar-refractivity contribution in [3.05, 3.63) is 12.2 Å². The Labute approximate surface area is 77.3 Å². The van der Waals surface area contributed by atoms with E-state index in [4.69, 9.17) is 0 Å². The Morgan fingerprint density at radius 1 is 1.36 bits per heavy atom. The van der Waals surface area contributed by atoms with Crippen LogP contribution >= 0.6 is 0 Å². The third-order valence-electron chi connectivity index (χ3n) is 0.997. The summed E-state index contributed by atoms with van der Waals surface area (Å²) in [5.74, 6) is -3.04. The summed E-state index contributed by atoms with van der Waals surface area (Å²) in [5, 5.41) is 0. The SMILES string of the molecule is COC(=O)/C=C/COC(=O)C(F)(F)F. The van der Waals surface area contributed by atoms with Gasteiger partial charge >= 0.3 is 18.1 Å². The summed E-state index contributed by atoms with van der Waals surface area (Å²) in [4.78, 5) is 20.5. The first-order chi connectivity index (χ1) is 6.38. The van der Waals surface area contributed by atoms with Gasteiger partial charge in [-0.25, -0.2) is 9.59 Å². The molecule has 0 spiro atoms. The Morgan fingerprint density at radius 2 is 1.93 bits per heavy atom. The van der Waals surface area contributed by atoms with Crippen LogP contribution in [0.25, 0.3) is 0 Å². The van der Waals surface area contributed by atoms with Gasteiger partial charge in [0.25, 0.3) is 0 Å². The molecule has 0 atom stereocenters. The minimum Gasteiger partial charge on any atom is -0.466 e. The van der Waals surface area contributed by atoms with Gasteiger partial charge in [0, 0.05) is 6.08 Å². The summed E-state index contributed by atoms with van der Waals surface area (Å²) < 4.78 is 42.4. The monoisotopic (exact) mass is 212 g/mol. The summed E-state index contributed by atoms with van der Waals surface area (Å²) >= 11 is 0. The largest absolute Gasteiger partial charge is 0.490 e. The van der Waals surface area contributed by atoms with Gasteiger partial charge in [0.15, 0.2) is 0 Å². The van der Waals surface area contributed by atoms with E-state index in [-0.39, 0.29) is 0 Å². The van der Waals surface area contributed by atoms with E-state index >= 15 is 0 Å². The maximum atomic E-state index is 11.5. The molecule has 0 aliphatic heterocycles. The van der Waals surface area contributed by atoms with Crippen LogP contribution in [-0.2, 0) is 19.1 Å². The number of hydrogen-bond acceptors (Lipinski definition) is 4. The zero-order chi connectivity index (χ0) is 11.2. The number of halogens is 3. The second-order valence-corrected chi connectivity index (χ2v) is 2.02. The Morgan fingerprint density at radius 3 is 2.36 bits per heavy atom. The fourth-order valence-electron chi connectivity index (χ4n) is 0.418. The topological polar surface area (TPSA) is 52.6 Å². The van der Waals surface area contributed by atoms with Crippen LogP contribution in [-0.4, -0.2) is 31.8 Å². The number of carbonyl (C=O) groups excluding carboxylic acids is 2. The molecule has 0 fully saturated rings. The lowest BCUT2D eigenvalue weighted by molar-refractivity contribution is -0.198. The number of hydrogen-bond donors (Lipinski definition) is 0. The average molecular weight is 212 g/mol. The molecular weight excluding hydrogens is 205 g/mol. The standard InChI is InChI=1S/C7H7F3O4/c1-13-5(11)3-2-4-14-6(12)7(8,9)10/h2-3H,4H2,1H3/b3-2+. The molecule has 4 nitrogen and oxygen atoms in total. The molecule has 0 unspecified atom stereocenters. The molecule has 0 aliphatic carbocycles. The molecule has 0 aromatic heterocycles. The van der Waals surface area contributed by atoms with Crippen molar-refractivity contribution in [1.82, 2.24) is 0 Å². The molecule has 80 valence electrons. The summed E-state index contributed by atoms with van der Waals surface area (Å²) in [6.45, 7) is -0.632. The summed E-state index contributed by atoms with van der Waals surface area (Å²) in [5.41, 5.74) is 0. The Bertz CT molecular complexity index is 244. The maximum Gasteiger partial charge on any atom is 0.490 e. The smallest absolute Gasteiger partial charge is 0.466 e. The maximum absolute atomic E-state index is 11.5. The molecule has 0 amide bonds. The predicted molar refractivity (Wildman–Crippen MR) is 38.2 cm³/mol. The molecule has 0 rings (SSSR count). The molecule has 0 radical (unpaired) electrons. The van der Waals surface area contributed by atoms with E-state index < -0.39 is 24.7 Å². The molecule has 14 heavy (non-hydrogen) atoms. The van der Waals surface area contributed by atoms with E-state index in [1.165, 1.54) is 0 Å².